The monoisotopic (exact) mass is 302 g/mol. The third kappa shape index (κ3) is 3.00. The molecule has 3 N–H and O–H groups in total. The number of hydrogen-bond acceptors (Lipinski definition) is 5. The number of aryl methyl sites for hydroxylation is 1. The first kappa shape index (κ1) is 14.9. The van der Waals surface area contributed by atoms with Crippen LogP contribution in [0.3, 0.4) is 0 Å². The highest BCUT2D eigenvalue weighted by Gasteiger charge is 2.31. The fraction of sp³-hybridized carbons (Fsp3) is 0.636. The number of carboxylic acid groups (broad SMARTS) is 1. The molecule has 20 heavy (non-hydrogen) atoms. The number of carboxylic acids is 1. The van der Waals surface area contributed by atoms with Gasteiger partial charge in [-0.2, -0.15) is 5.10 Å². The summed E-state index contributed by atoms with van der Waals surface area (Å²) in [6, 6.07) is -0.213. The summed E-state index contributed by atoms with van der Waals surface area (Å²) in [4.78, 5) is 12.8. The lowest BCUT2D eigenvalue weighted by molar-refractivity contribution is 0.0686. The van der Waals surface area contributed by atoms with E-state index >= 15 is 0 Å². The van der Waals surface area contributed by atoms with Crippen LogP contribution in [0.25, 0.3) is 0 Å². The third-order valence-corrected chi connectivity index (χ3v) is 4.99. The fourth-order valence-electron chi connectivity index (χ4n) is 2.43. The van der Waals surface area contributed by atoms with Crippen molar-refractivity contribution in [3.63, 3.8) is 0 Å². The van der Waals surface area contributed by atoms with Crippen molar-refractivity contribution in [3.05, 3.63) is 11.4 Å². The molecule has 9 heteroatoms. The van der Waals surface area contributed by atoms with Gasteiger partial charge in [0.15, 0.2) is 5.69 Å². The molecule has 1 fully saturated rings. The number of piperidine rings is 1. The molecule has 0 saturated carbocycles. The summed E-state index contributed by atoms with van der Waals surface area (Å²) < 4.78 is 27.3. The van der Waals surface area contributed by atoms with Crippen molar-refractivity contribution in [2.24, 2.45) is 0 Å². The number of sulfonamides is 1. The number of carbonyl (C=O) groups is 1. The fourth-order valence-corrected chi connectivity index (χ4v) is 4.02. The van der Waals surface area contributed by atoms with Gasteiger partial charge in [0.25, 0.3) is 0 Å². The summed E-state index contributed by atoms with van der Waals surface area (Å²) in [6.07, 6.45) is 1.64. The van der Waals surface area contributed by atoms with Gasteiger partial charge in [0.1, 0.15) is 4.90 Å². The maximum atomic E-state index is 12.4. The number of H-pyrrole nitrogens is 1. The molecule has 2 rings (SSSR count). The summed E-state index contributed by atoms with van der Waals surface area (Å²) in [6.45, 7) is 3.03. The molecule has 8 nitrogen and oxygen atoms in total. The van der Waals surface area contributed by atoms with E-state index in [0.29, 0.717) is 6.54 Å². The predicted octanol–water partition coefficient (Wildman–Crippen LogP) is -0.211. The van der Waals surface area contributed by atoms with Crippen LogP contribution in [-0.2, 0) is 10.0 Å². The zero-order valence-corrected chi connectivity index (χ0v) is 12.2. The summed E-state index contributed by atoms with van der Waals surface area (Å²) in [5.41, 5.74) is -0.252. The second-order valence-corrected chi connectivity index (χ2v) is 6.70. The molecule has 2 heterocycles. The first-order valence-electron chi connectivity index (χ1n) is 6.30. The topological polar surface area (TPSA) is 115 Å². The van der Waals surface area contributed by atoms with E-state index in [1.807, 2.05) is 11.9 Å². The Hall–Kier alpha value is -1.45. The van der Waals surface area contributed by atoms with Gasteiger partial charge in [-0.3, -0.25) is 5.10 Å². The number of nitrogens with one attached hydrogen (secondary N) is 2. The highest BCUT2D eigenvalue weighted by molar-refractivity contribution is 7.89. The molecule has 0 radical (unpaired) electrons. The molecular formula is C11H18N4O4S. The van der Waals surface area contributed by atoms with E-state index in [1.165, 1.54) is 6.92 Å². The van der Waals surface area contributed by atoms with Crippen molar-refractivity contribution in [1.29, 1.82) is 0 Å². The Morgan fingerprint density at radius 1 is 1.55 bits per heavy atom. The van der Waals surface area contributed by atoms with Gasteiger partial charge in [0, 0.05) is 12.6 Å². The molecule has 1 aliphatic rings. The first-order valence-corrected chi connectivity index (χ1v) is 7.78. The van der Waals surface area contributed by atoms with Crippen LogP contribution in [0.1, 0.15) is 29.0 Å². The number of rotatable bonds is 4. The minimum atomic E-state index is -3.90. The van der Waals surface area contributed by atoms with Gasteiger partial charge in [-0.1, -0.05) is 0 Å². The van der Waals surface area contributed by atoms with Crippen molar-refractivity contribution >= 4 is 16.0 Å². The molecule has 1 aromatic heterocycles. The van der Waals surface area contributed by atoms with Crippen LogP contribution < -0.4 is 4.72 Å². The molecule has 1 atom stereocenters. The lowest BCUT2D eigenvalue weighted by Gasteiger charge is -2.29. The number of aromatic nitrogens is 2. The molecular weight excluding hydrogens is 284 g/mol. The third-order valence-electron chi connectivity index (χ3n) is 3.31. The Bertz CT molecular complexity index is 610. The van der Waals surface area contributed by atoms with Gasteiger partial charge < -0.3 is 10.0 Å². The maximum Gasteiger partial charge on any atom is 0.357 e. The molecule has 1 aromatic rings. The van der Waals surface area contributed by atoms with Gasteiger partial charge in [-0.05, 0) is 33.4 Å². The van der Waals surface area contributed by atoms with Crippen LogP contribution in [0, 0.1) is 6.92 Å². The molecule has 0 amide bonds. The van der Waals surface area contributed by atoms with Gasteiger partial charge in [0.2, 0.25) is 10.0 Å². The highest BCUT2D eigenvalue weighted by atomic mass is 32.2. The van der Waals surface area contributed by atoms with E-state index in [-0.39, 0.29) is 16.6 Å². The van der Waals surface area contributed by atoms with Crippen molar-refractivity contribution < 1.29 is 18.3 Å². The van der Waals surface area contributed by atoms with E-state index in [9.17, 15) is 13.2 Å². The average Bonchev–Trinajstić information content (AvgIpc) is 2.71. The van der Waals surface area contributed by atoms with E-state index in [2.05, 4.69) is 14.9 Å². The van der Waals surface area contributed by atoms with Crippen molar-refractivity contribution in [2.45, 2.75) is 30.7 Å². The standard InChI is InChI=1S/C11H18N4O4S/c1-7-10(9(11(16)17)13-12-7)20(18,19)14-8-4-3-5-15(2)6-8/h8,14H,3-6H2,1-2H3,(H,12,13)(H,16,17). The number of likely N-dealkylation sites (N-methyl/N-ethyl adjacent to an activating group) is 1. The molecule has 0 bridgehead atoms. The number of likely N-dealkylation sites (tertiary alicyclic amines) is 1. The molecule has 0 spiro atoms. The summed E-state index contributed by atoms with van der Waals surface area (Å²) in [5.74, 6) is -1.37. The zero-order valence-electron chi connectivity index (χ0n) is 11.4. The highest BCUT2D eigenvalue weighted by Crippen LogP contribution is 2.19. The average molecular weight is 302 g/mol. The quantitative estimate of drug-likeness (QED) is 0.709. The van der Waals surface area contributed by atoms with Gasteiger partial charge in [-0.25, -0.2) is 17.9 Å². The van der Waals surface area contributed by atoms with Crippen LogP contribution in [0.15, 0.2) is 4.90 Å². The van der Waals surface area contributed by atoms with Gasteiger partial charge >= 0.3 is 5.97 Å². The Morgan fingerprint density at radius 3 is 2.85 bits per heavy atom. The lowest BCUT2D eigenvalue weighted by atomic mass is 10.1. The number of hydrogen-bond donors (Lipinski definition) is 3. The van der Waals surface area contributed by atoms with Crippen molar-refractivity contribution in [1.82, 2.24) is 19.8 Å². The Morgan fingerprint density at radius 2 is 2.25 bits per heavy atom. The van der Waals surface area contributed by atoms with Gasteiger partial charge in [0.05, 0.1) is 5.69 Å². The maximum absolute atomic E-state index is 12.4. The normalized spacial score (nSPS) is 21.0. The van der Waals surface area contributed by atoms with Crippen LogP contribution in [0.4, 0.5) is 0 Å². The lowest BCUT2D eigenvalue weighted by Crippen LogP contribution is -2.46. The number of aromatic carboxylic acids is 1. The SMILES string of the molecule is Cc1[nH]nc(C(=O)O)c1S(=O)(=O)NC1CCCN(C)C1. The van der Waals surface area contributed by atoms with Crippen molar-refractivity contribution in [2.75, 3.05) is 20.1 Å². The summed E-state index contributed by atoms with van der Waals surface area (Å²) in [7, 11) is -1.97. The second-order valence-electron chi connectivity index (χ2n) is 5.05. The first-order chi connectivity index (χ1) is 9.31. The predicted molar refractivity (Wildman–Crippen MR) is 71.1 cm³/mol. The van der Waals surface area contributed by atoms with Crippen molar-refractivity contribution in [3.8, 4) is 0 Å². The van der Waals surface area contributed by atoms with E-state index in [0.717, 1.165) is 19.4 Å². The summed E-state index contributed by atoms with van der Waals surface area (Å²) in [5, 5.41) is 15.0. The minimum absolute atomic E-state index is 0.213. The zero-order chi connectivity index (χ0) is 14.9. The molecule has 112 valence electrons. The number of nitrogens with zero attached hydrogens (tertiary/aromatic N) is 2. The van der Waals surface area contributed by atoms with E-state index in [1.54, 1.807) is 0 Å². The molecule has 0 aromatic carbocycles. The Kier molecular flexibility index (Phi) is 4.11. The molecule has 1 aliphatic heterocycles. The van der Waals surface area contributed by atoms with E-state index in [4.69, 9.17) is 5.11 Å². The Balaban J connectivity index is 2.26. The van der Waals surface area contributed by atoms with Crippen LogP contribution in [-0.4, -0.2) is 60.8 Å². The second kappa shape index (κ2) is 5.51. The van der Waals surface area contributed by atoms with Crippen LogP contribution in [0.5, 0.6) is 0 Å². The molecule has 1 unspecified atom stereocenters. The van der Waals surface area contributed by atoms with Crippen LogP contribution in [0.2, 0.25) is 0 Å². The van der Waals surface area contributed by atoms with E-state index < -0.39 is 21.7 Å². The minimum Gasteiger partial charge on any atom is -0.476 e. The smallest absolute Gasteiger partial charge is 0.357 e. The Labute approximate surface area is 117 Å². The molecule has 1 saturated heterocycles. The largest absolute Gasteiger partial charge is 0.476 e. The molecule has 0 aliphatic carbocycles. The summed E-state index contributed by atoms with van der Waals surface area (Å²) >= 11 is 0. The number of aromatic amines is 1. The van der Waals surface area contributed by atoms with Gasteiger partial charge in [-0.15, -0.1) is 0 Å². The van der Waals surface area contributed by atoms with Crippen LogP contribution >= 0.6 is 0 Å².